The van der Waals surface area contributed by atoms with Gasteiger partial charge in [-0.2, -0.15) is 0 Å². The number of carbonyl (C=O) groups excluding carboxylic acids is 1. The van der Waals surface area contributed by atoms with Gasteiger partial charge in [-0.05, 0) is 77.3 Å². The maximum absolute atomic E-state index is 13.1. The Kier molecular flexibility index (Phi) is 5.84. The molecular formula is C26H35N5O. The quantitative estimate of drug-likeness (QED) is 0.706. The molecule has 0 saturated carbocycles. The monoisotopic (exact) mass is 433 g/mol. The van der Waals surface area contributed by atoms with Gasteiger partial charge in [0, 0.05) is 59.7 Å². The molecule has 6 heteroatoms. The number of carbonyl (C=O) groups is 1. The molecule has 2 aromatic rings. The van der Waals surface area contributed by atoms with Gasteiger partial charge in [-0.25, -0.2) is 4.98 Å². The van der Waals surface area contributed by atoms with Crippen molar-refractivity contribution in [1.29, 1.82) is 0 Å². The summed E-state index contributed by atoms with van der Waals surface area (Å²) in [5, 5.41) is 3.64. The third-order valence-electron chi connectivity index (χ3n) is 6.32. The van der Waals surface area contributed by atoms with Gasteiger partial charge in [-0.3, -0.25) is 9.78 Å². The molecule has 6 nitrogen and oxygen atoms in total. The van der Waals surface area contributed by atoms with E-state index in [2.05, 4.69) is 56.2 Å². The van der Waals surface area contributed by atoms with Crippen LogP contribution in [0.25, 0.3) is 11.1 Å². The van der Waals surface area contributed by atoms with Gasteiger partial charge in [0.15, 0.2) is 0 Å². The lowest BCUT2D eigenvalue weighted by Crippen LogP contribution is -2.54. The molecule has 0 radical (unpaired) electrons. The standard InChI is InChI=1S/C26H35N5O/c1-17-10-21(19-6-7-23(27)28-15-19)12-22(29-17)20-8-9-31(16-20)24(32)11-18-13-25(2,3)30-26(4,5)14-18/h6-7,10,12-13,15,20,30H,8-9,11,14,16H2,1-5H3,(H2,27,28)/t20-/m0/s1. The molecule has 2 aliphatic rings. The fourth-order valence-electron chi connectivity index (χ4n) is 5.38. The van der Waals surface area contributed by atoms with Crippen LogP contribution in [0.2, 0.25) is 0 Å². The fraction of sp³-hybridized carbons (Fsp3) is 0.500. The van der Waals surface area contributed by atoms with E-state index in [1.807, 2.05) is 24.0 Å². The minimum absolute atomic E-state index is 0.000253. The zero-order valence-electron chi connectivity index (χ0n) is 19.9. The number of pyridine rings is 2. The van der Waals surface area contributed by atoms with Crippen LogP contribution in [-0.2, 0) is 4.79 Å². The maximum atomic E-state index is 13.1. The molecule has 170 valence electrons. The van der Waals surface area contributed by atoms with Crippen LogP contribution in [0, 0.1) is 6.92 Å². The van der Waals surface area contributed by atoms with Gasteiger partial charge in [-0.1, -0.05) is 11.6 Å². The molecule has 0 aliphatic carbocycles. The Hall–Kier alpha value is -2.73. The van der Waals surface area contributed by atoms with Crippen molar-refractivity contribution in [2.45, 2.75) is 70.9 Å². The number of likely N-dealkylation sites (tertiary alicyclic amines) is 1. The number of hydrogen-bond donors (Lipinski definition) is 2. The summed E-state index contributed by atoms with van der Waals surface area (Å²) >= 11 is 0. The number of nitrogen functional groups attached to an aromatic ring is 1. The summed E-state index contributed by atoms with van der Waals surface area (Å²) in [7, 11) is 0. The van der Waals surface area contributed by atoms with Crippen molar-refractivity contribution in [2.75, 3.05) is 18.8 Å². The zero-order chi connectivity index (χ0) is 23.1. The fourth-order valence-corrected chi connectivity index (χ4v) is 5.38. The summed E-state index contributed by atoms with van der Waals surface area (Å²) in [5.41, 5.74) is 11.0. The normalized spacial score (nSPS) is 22.0. The molecule has 3 N–H and O–H groups in total. The van der Waals surface area contributed by atoms with E-state index in [1.165, 1.54) is 5.57 Å². The molecule has 4 heterocycles. The van der Waals surface area contributed by atoms with Gasteiger partial charge in [-0.15, -0.1) is 0 Å². The van der Waals surface area contributed by atoms with E-state index in [0.29, 0.717) is 12.2 Å². The number of amides is 1. The number of nitrogens with one attached hydrogen (secondary N) is 1. The van der Waals surface area contributed by atoms with Gasteiger partial charge in [0.1, 0.15) is 5.82 Å². The number of hydrogen-bond acceptors (Lipinski definition) is 5. The Morgan fingerprint density at radius 1 is 1.22 bits per heavy atom. The Labute approximate surface area is 191 Å². The van der Waals surface area contributed by atoms with Gasteiger partial charge in [0.05, 0.1) is 0 Å². The van der Waals surface area contributed by atoms with Crippen LogP contribution in [0.4, 0.5) is 5.82 Å². The molecule has 1 amide bonds. The smallest absolute Gasteiger partial charge is 0.226 e. The average Bonchev–Trinajstić information content (AvgIpc) is 3.16. The van der Waals surface area contributed by atoms with E-state index in [1.54, 1.807) is 6.20 Å². The van der Waals surface area contributed by atoms with Crippen LogP contribution < -0.4 is 11.1 Å². The molecule has 0 bridgehead atoms. The van der Waals surface area contributed by atoms with Crippen LogP contribution in [0.3, 0.4) is 0 Å². The predicted octanol–water partition coefficient (Wildman–Crippen LogP) is 4.22. The molecule has 1 atom stereocenters. The minimum atomic E-state index is -0.0935. The van der Waals surface area contributed by atoms with E-state index >= 15 is 0 Å². The van der Waals surface area contributed by atoms with Crippen molar-refractivity contribution >= 4 is 11.7 Å². The van der Waals surface area contributed by atoms with Crippen LogP contribution in [0.5, 0.6) is 0 Å². The second-order valence-corrected chi connectivity index (χ2v) is 10.6. The molecule has 2 aliphatic heterocycles. The summed E-state index contributed by atoms with van der Waals surface area (Å²) in [5.74, 6) is 0.998. The molecule has 32 heavy (non-hydrogen) atoms. The Balaban J connectivity index is 1.46. The van der Waals surface area contributed by atoms with E-state index < -0.39 is 0 Å². The molecule has 0 spiro atoms. The predicted molar refractivity (Wildman–Crippen MR) is 129 cm³/mol. The van der Waals surface area contributed by atoms with Crippen molar-refractivity contribution in [3.05, 3.63) is 53.5 Å². The molecule has 1 saturated heterocycles. The third-order valence-corrected chi connectivity index (χ3v) is 6.32. The molecule has 4 rings (SSSR count). The highest BCUT2D eigenvalue weighted by Crippen LogP contribution is 2.33. The Morgan fingerprint density at radius 2 is 2.00 bits per heavy atom. The highest BCUT2D eigenvalue weighted by Gasteiger charge is 2.34. The van der Waals surface area contributed by atoms with E-state index in [9.17, 15) is 4.79 Å². The molecular weight excluding hydrogens is 398 g/mol. The van der Waals surface area contributed by atoms with E-state index in [-0.39, 0.29) is 22.9 Å². The number of rotatable bonds is 4. The number of nitrogens with two attached hydrogens (primary N) is 1. The maximum Gasteiger partial charge on any atom is 0.226 e. The number of nitrogens with zero attached hydrogens (tertiary/aromatic N) is 3. The van der Waals surface area contributed by atoms with Crippen molar-refractivity contribution in [2.24, 2.45) is 0 Å². The second kappa shape index (κ2) is 8.32. The lowest BCUT2D eigenvalue weighted by atomic mass is 9.82. The zero-order valence-corrected chi connectivity index (χ0v) is 19.9. The Morgan fingerprint density at radius 3 is 2.69 bits per heavy atom. The summed E-state index contributed by atoms with van der Waals surface area (Å²) in [4.78, 5) is 24.2. The van der Waals surface area contributed by atoms with Gasteiger partial charge in [0.2, 0.25) is 5.91 Å². The van der Waals surface area contributed by atoms with Crippen molar-refractivity contribution in [3.8, 4) is 11.1 Å². The first kappa shape index (κ1) is 22.5. The highest BCUT2D eigenvalue weighted by atomic mass is 16.2. The molecule has 0 aromatic carbocycles. The first-order valence-electron chi connectivity index (χ1n) is 11.5. The van der Waals surface area contributed by atoms with Crippen LogP contribution in [0.1, 0.15) is 64.3 Å². The summed E-state index contributed by atoms with van der Waals surface area (Å²) < 4.78 is 0. The molecule has 1 fully saturated rings. The van der Waals surface area contributed by atoms with E-state index in [4.69, 9.17) is 10.7 Å². The van der Waals surface area contributed by atoms with Crippen LogP contribution in [0.15, 0.2) is 42.1 Å². The largest absolute Gasteiger partial charge is 0.384 e. The van der Waals surface area contributed by atoms with Crippen molar-refractivity contribution in [1.82, 2.24) is 20.2 Å². The van der Waals surface area contributed by atoms with Crippen molar-refractivity contribution < 1.29 is 4.79 Å². The Bertz CT molecular complexity index is 1040. The van der Waals surface area contributed by atoms with Crippen LogP contribution in [-0.4, -0.2) is 44.9 Å². The number of aryl methyl sites for hydroxylation is 1. The average molecular weight is 434 g/mol. The second-order valence-electron chi connectivity index (χ2n) is 10.6. The number of aromatic nitrogens is 2. The van der Waals surface area contributed by atoms with Gasteiger partial charge >= 0.3 is 0 Å². The van der Waals surface area contributed by atoms with Gasteiger partial charge < -0.3 is 16.0 Å². The lowest BCUT2D eigenvalue weighted by Gasteiger charge is -2.41. The molecule has 0 unspecified atom stereocenters. The SMILES string of the molecule is Cc1cc(-c2ccc(N)nc2)cc([C@H]2CCN(C(=O)CC3=CC(C)(C)NC(C)(C)C3)C2)n1. The highest BCUT2D eigenvalue weighted by molar-refractivity contribution is 5.79. The van der Waals surface area contributed by atoms with Gasteiger partial charge in [0.25, 0.3) is 0 Å². The van der Waals surface area contributed by atoms with Crippen LogP contribution >= 0.6 is 0 Å². The first-order chi connectivity index (χ1) is 15.0. The minimum Gasteiger partial charge on any atom is -0.384 e. The molecule has 2 aromatic heterocycles. The number of anilines is 1. The lowest BCUT2D eigenvalue weighted by molar-refractivity contribution is -0.129. The first-order valence-corrected chi connectivity index (χ1v) is 11.5. The topological polar surface area (TPSA) is 84.1 Å². The van der Waals surface area contributed by atoms with E-state index in [0.717, 1.165) is 48.4 Å². The van der Waals surface area contributed by atoms with Crippen molar-refractivity contribution in [3.63, 3.8) is 0 Å². The summed E-state index contributed by atoms with van der Waals surface area (Å²) in [6.07, 6.45) is 6.38. The summed E-state index contributed by atoms with van der Waals surface area (Å²) in [6.45, 7) is 12.3. The summed E-state index contributed by atoms with van der Waals surface area (Å²) in [6, 6.07) is 8.01. The third kappa shape index (κ3) is 5.18.